The van der Waals surface area contributed by atoms with Gasteiger partial charge in [0, 0.05) is 12.1 Å². The fourth-order valence-corrected chi connectivity index (χ4v) is 4.57. The van der Waals surface area contributed by atoms with Crippen LogP contribution in [0.1, 0.15) is 38.6 Å². The van der Waals surface area contributed by atoms with Crippen molar-refractivity contribution in [1.29, 1.82) is 0 Å². The van der Waals surface area contributed by atoms with Gasteiger partial charge in [0.15, 0.2) is 5.65 Å². The first-order valence-electron chi connectivity index (χ1n) is 7.86. The average molecular weight is 286 g/mol. The standard InChI is InChI=1S/C16H22N4O/c1-9(12-8-10-3-4-11(12)7-10)20-15-13(18-16(20)17)5-6-14(19-15)21-2/h5-6,9-12H,3-4,7-8H2,1-2H3,(H2,17,18). The smallest absolute Gasteiger partial charge is 0.215 e. The van der Waals surface area contributed by atoms with Gasteiger partial charge in [-0.1, -0.05) is 6.42 Å². The van der Waals surface area contributed by atoms with E-state index in [1.54, 1.807) is 7.11 Å². The molecule has 2 N–H and O–H groups in total. The van der Waals surface area contributed by atoms with E-state index in [9.17, 15) is 0 Å². The molecule has 0 amide bonds. The summed E-state index contributed by atoms with van der Waals surface area (Å²) in [6.45, 7) is 2.27. The molecule has 2 saturated carbocycles. The minimum atomic E-state index is 0.352. The molecular formula is C16H22N4O. The molecule has 4 atom stereocenters. The Labute approximate surface area is 124 Å². The Kier molecular flexibility index (Phi) is 2.84. The molecule has 0 radical (unpaired) electrons. The second-order valence-electron chi connectivity index (χ2n) is 6.62. The van der Waals surface area contributed by atoms with Crippen LogP contribution in [0.2, 0.25) is 0 Å². The summed E-state index contributed by atoms with van der Waals surface area (Å²) >= 11 is 0. The van der Waals surface area contributed by atoms with Crippen LogP contribution in [0.5, 0.6) is 5.88 Å². The van der Waals surface area contributed by atoms with Crippen LogP contribution < -0.4 is 10.5 Å². The summed E-state index contributed by atoms with van der Waals surface area (Å²) in [6, 6.07) is 4.12. The van der Waals surface area contributed by atoms with Crippen LogP contribution in [0.25, 0.3) is 11.2 Å². The minimum absolute atomic E-state index is 0.352. The first-order valence-corrected chi connectivity index (χ1v) is 7.86. The highest BCUT2D eigenvalue weighted by molar-refractivity contribution is 5.75. The molecule has 112 valence electrons. The van der Waals surface area contributed by atoms with Gasteiger partial charge in [-0.15, -0.1) is 0 Å². The molecule has 4 rings (SSSR count). The number of anilines is 1. The highest BCUT2D eigenvalue weighted by Gasteiger charge is 2.42. The van der Waals surface area contributed by atoms with Gasteiger partial charge in [0.1, 0.15) is 5.52 Å². The number of hydrogen-bond donors (Lipinski definition) is 1. The predicted molar refractivity (Wildman–Crippen MR) is 82.1 cm³/mol. The third kappa shape index (κ3) is 1.90. The number of nitrogen functional groups attached to an aromatic ring is 1. The molecule has 21 heavy (non-hydrogen) atoms. The van der Waals surface area contributed by atoms with Crippen LogP contribution in [0.15, 0.2) is 12.1 Å². The van der Waals surface area contributed by atoms with Crippen molar-refractivity contribution in [1.82, 2.24) is 14.5 Å². The normalized spacial score (nSPS) is 29.1. The lowest BCUT2D eigenvalue weighted by Crippen LogP contribution is -2.23. The Bertz CT molecular complexity index is 680. The molecule has 2 aromatic heterocycles. The maximum absolute atomic E-state index is 6.18. The molecule has 2 aliphatic carbocycles. The summed E-state index contributed by atoms with van der Waals surface area (Å²) in [7, 11) is 1.64. The number of nitrogens with zero attached hydrogens (tertiary/aromatic N) is 3. The van der Waals surface area contributed by atoms with Crippen molar-refractivity contribution in [3.05, 3.63) is 12.1 Å². The molecule has 5 heteroatoms. The van der Waals surface area contributed by atoms with E-state index >= 15 is 0 Å². The Hall–Kier alpha value is -1.78. The van der Waals surface area contributed by atoms with E-state index in [4.69, 9.17) is 10.5 Å². The highest BCUT2D eigenvalue weighted by Crippen LogP contribution is 2.52. The largest absolute Gasteiger partial charge is 0.481 e. The van der Waals surface area contributed by atoms with Crippen LogP contribution in [0.4, 0.5) is 5.95 Å². The van der Waals surface area contributed by atoms with Crippen molar-refractivity contribution in [3.63, 3.8) is 0 Å². The monoisotopic (exact) mass is 286 g/mol. The highest BCUT2D eigenvalue weighted by atomic mass is 16.5. The van der Waals surface area contributed by atoms with Gasteiger partial charge in [-0.05, 0) is 50.0 Å². The van der Waals surface area contributed by atoms with Gasteiger partial charge in [-0.25, -0.2) is 4.98 Å². The minimum Gasteiger partial charge on any atom is -0.481 e. The van der Waals surface area contributed by atoms with Gasteiger partial charge in [0.25, 0.3) is 0 Å². The molecule has 2 aliphatic rings. The van der Waals surface area contributed by atoms with E-state index in [0.29, 0.717) is 23.8 Å². The molecule has 2 aromatic rings. The van der Waals surface area contributed by atoms with Crippen LogP contribution in [-0.4, -0.2) is 21.6 Å². The average Bonchev–Trinajstić information content (AvgIpc) is 3.18. The van der Waals surface area contributed by atoms with Gasteiger partial charge in [0.05, 0.1) is 7.11 Å². The second-order valence-corrected chi connectivity index (χ2v) is 6.62. The number of hydrogen-bond acceptors (Lipinski definition) is 4. The van der Waals surface area contributed by atoms with Gasteiger partial charge in [0.2, 0.25) is 11.8 Å². The van der Waals surface area contributed by atoms with E-state index < -0.39 is 0 Å². The summed E-state index contributed by atoms with van der Waals surface area (Å²) in [5.74, 6) is 3.68. The Morgan fingerprint density at radius 3 is 2.81 bits per heavy atom. The summed E-state index contributed by atoms with van der Waals surface area (Å²) in [4.78, 5) is 9.03. The van der Waals surface area contributed by atoms with Crippen molar-refractivity contribution < 1.29 is 4.74 Å². The van der Waals surface area contributed by atoms with E-state index in [1.165, 1.54) is 25.7 Å². The molecule has 5 nitrogen and oxygen atoms in total. The maximum atomic E-state index is 6.18. The number of ether oxygens (including phenoxy) is 1. The number of pyridine rings is 1. The van der Waals surface area contributed by atoms with Crippen molar-refractivity contribution in [2.75, 3.05) is 12.8 Å². The zero-order valence-corrected chi connectivity index (χ0v) is 12.6. The summed E-state index contributed by atoms with van der Waals surface area (Å²) in [6.07, 6.45) is 5.52. The second kappa shape index (κ2) is 4.61. The molecular weight excluding hydrogens is 264 g/mol. The quantitative estimate of drug-likeness (QED) is 0.942. The van der Waals surface area contributed by atoms with E-state index in [0.717, 1.165) is 23.0 Å². The number of methoxy groups -OCH3 is 1. The lowest BCUT2D eigenvalue weighted by molar-refractivity contribution is 0.247. The Morgan fingerprint density at radius 1 is 1.29 bits per heavy atom. The first kappa shape index (κ1) is 12.9. The number of fused-ring (bicyclic) bond motifs is 3. The van der Waals surface area contributed by atoms with E-state index in [1.807, 2.05) is 12.1 Å². The van der Waals surface area contributed by atoms with E-state index in [-0.39, 0.29) is 0 Å². The number of imidazole rings is 1. The third-order valence-corrected chi connectivity index (χ3v) is 5.57. The van der Waals surface area contributed by atoms with Crippen molar-refractivity contribution in [3.8, 4) is 5.88 Å². The summed E-state index contributed by atoms with van der Waals surface area (Å²) in [5.41, 5.74) is 7.88. The first-order chi connectivity index (χ1) is 10.2. The van der Waals surface area contributed by atoms with Crippen molar-refractivity contribution >= 4 is 17.1 Å². The van der Waals surface area contributed by atoms with Gasteiger partial charge < -0.3 is 10.5 Å². The molecule has 0 aromatic carbocycles. The zero-order valence-electron chi connectivity index (χ0n) is 12.6. The van der Waals surface area contributed by atoms with Crippen LogP contribution >= 0.6 is 0 Å². The van der Waals surface area contributed by atoms with Gasteiger partial charge >= 0.3 is 0 Å². The molecule has 0 saturated heterocycles. The molecule has 2 heterocycles. The van der Waals surface area contributed by atoms with Crippen molar-refractivity contribution in [2.45, 2.75) is 38.6 Å². The predicted octanol–water partition coefficient (Wildman–Crippen LogP) is 3.02. The van der Waals surface area contributed by atoms with E-state index in [2.05, 4.69) is 21.5 Å². The Morgan fingerprint density at radius 2 is 2.14 bits per heavy atom. The molecule has 4 unspecified atom stereocenters. The van der Waals surface area contributed by atoms with Gasteiger partial charge in [-0.3, -0.25) is 4.57 Å². The fourth-order valence-electron chi connectivity index (χ4n) is 4.57. The number of aromatic nitrogens is 3. The third-order valence-electron chi connectivity index (χ3n) is 5.57. The zero-order chi connectivity index (χ0) is 14.6. The van der Waals surface area contributed by atoms with Crippen LogP contribution in [-0.2, 0) is 0 Å². The van der Waals surface area contributed by atoms with Gasteiger partial charge in [-0.2, -0.15) is 4.98 Å². The van der Waals surface area contributed by atoms with Crippen molar-refractivity contribution in [2.24, 2.45) is 17.8 Å². The lowest BCUT2D eigenvalue weighted by Gasteiger charge is -2.29. The summed E-state index contributed by atoms with van der Waals surface area (Å²) in [5, 5.41) is 0. The van der Waals surface area contributed by atoms with Crippen LogP contribution in [0.3, 0.4) is 0 Å². The topological polar surface area (TPSA) is 66.0 Å². The SMILES string of the molecule is COc1ccc2nc(N)n(C(C)C3CC4CCC3C4)c2n1. The lowest BCUT2D eigenvalue weighted by atomic mass is 9.84. The molecule has 2 bridgehead atoms. The maximum Gasteiger partial charge on any atom is 0.215 e. The fraction of sp³-hybridized carbons (Fsp3) is 0.625. The Balaban J connectivity index is 1.76. The number of nitrogens with two attached hydrogens (primary N) is 1. The molecule has 2 fully saturated rings. The molecule has 0 spiro atoms. The number of rotatable bonds is 3. The van der Waals surface area contributed by atoms with Crippen LogP contribution in [0, 0.1) is 17.8 Å². The summed E-state index contributed by atoms with van der Waals surface area (Å²) < 4.78 is 7.36. The molecule has 0 aliphatic heterocycles.